The molecule has 1 N–H and O–H groups in total. The molecule has 0 atom stereocenters. The van der Waals surface area contributed by atoms with E-state index in [0.717, 1.165) is 38.8 Å². The van der Waals surface area contributed by atoms with E-state index in [0.29, 0.717) is 22.7 Å². The molecular formula is C17H22N2O4. The van der Waals surface area contributed by atoms with Gasteiger partial charge in [0.15, 0.2) is 11.5 Å². The minimum absolute atomic E-state index is 0.0345. The molecule has 6 heteroatoms. The molecule has 1 saturated carbocycles. The molecule has 1 aliphatic heterocycles. The quantitative estimate of drug-likeness (QED) is 0.904. The van der Waals surface area contributed by atoms with Gasteiger partial charge in [0.05, 0.1) is 25.5 Å². The van der Waals surface area contributed by atoms with E-state index in [1.54, 1.807) is 12.1 Å². The van der Waals surface area contributed by atoms with Gasteiger partial charge in [0.2, 0.25) is 5.91 Å². The van der Waals surface area contributed by atoms with Crippen molar-refractivity contribution in [3.8, 4) is 11.5 Å². The van der Waals surface area contributed by atoms with Gasteiger partial charge in [-0.05, 0) is 31.7 Å². The lowest BCUT2D eigenvalue weighted by atomic mass is 10.1. The normalized spacial score (nSPS) is 17.0. The number of anilines is 1. The van der Waals surface area contributed by atoms with Crippen LogP contribution in [0, 0.1) is 5.92 Å². The van der Waals surface area contributed by atoms with Gasteiger partial charge in [-0.3, -0.25) is 9.59 Å². The number of benzene rings is 1. The van der Waals surface area contributed by atoms with Gasteiger partial charge in [-0.25, -0.2) is 0 Å². The molecule has 23 heavy (non-hydrogen) atoms. The third kappa shape index (κ3) is 3.25. The molecule has 0 aromatic heterocycles. The van der Waals surface area contributed by atoms with Crippen LogP contribution in [-0.2, 0) is 4.79 Å². The van der Waals surface area contributed by atoms with Crippen LogP contribution in [0.2, 0.25) is 0 Å². The zero-order valence-corrected chi connectivity index (χ0v) is 13.6. The fraction of sp³-hybridized carbons (Fsp3) is 0.529. The second-order valence-electron chi connectivity index (χ2n) is 6.02. The van der Waals surface area contributed by atoms with Crippen LogP contribution in [-0.4, -0.2) is 44.0 Å². The zero-order valence-electron chi connectivity index (χ0n) is 13.6. The van der Waals surface area contributed by atoms with Crippen LogP contribution in [0.5, 0.6) is 11.5 Å². The van der Waals surface area contributed by atoms with Gasteiger partial charge in [0.1, 0.15) is 0 Å². The first kappa shape index (κ1) is 15.6. The number of hydrogen-bond donors (Lipinski definition) is 1. The van der Waals surface area contributed by atoms with Gasteiger partial charge in [-0.2, -0.15) is 0 Å². The maximum absolute atomic E-state index is 12.8. The molecular weight excluding hydrogens is 296 g/mol. The molecule has 3 rings (SSSR count). The van der Waals surface area contributed by atoms with E-state index in [4.69, 9.17) is 9.47 Å². The second kappa shape index (κ2) is 6.48. The van der Waals surface area contributed by atoms with E-state index in [1.165, 1.54) is 14.2 Å². The average Bonchev–Trinajstić information content (AvgIpc) is 3.28. The van der Waals surface area contributed by atoms with Crippen LogP contribution < -0.4 is 14.8 Å². The van der Waals surface area contributed by atoms with E-state index >= 15 is 0 Å². The second-order valence-corrected chi connectivity index (χ2v) is 6.02. The topological polar surface area (TPSA) is 67.9 Å². The van der Waals surface area contributed by atoms with Crippen LogP contribution >= 0.6 is 0 Å². The predicted octanol–water partition coefficient (Wildman–Crippen LogP) is 2.29. The van der Waals surface area contributed by atoms with Gasteiger partial charge in [-0.15, -0.1) is 0 Å². The molecule has 0 radical (unpaired) electrons. The number of carbonyl (C=O) groups is 2. The van der Waals surface area contributed by atoms with Crippen LogP contribution in [0.3, 0.4) is 0 Å². The molecule has 0 unspecified atom stereocenters. The number of nitrogens with one attached hydrogen (secondary N) is 1. The highest BCUT2D eigenvalue weighted by Crippen LogP contribution is 2.36. The molecule has 1 heterocycles. The fourth-order valence-electron chi connectivity index (χ4n) is 2.83. The summed E-state index contributed by atoms with van der Waals surface area (Å²) in [4.78, 5) is 26.7. The molecule has 2 fully saturated rings. The van der Waals surface area contributed by atoms with Gasteiger partial charge in [0, 0.05) is 25.1 Å². The number of likely N-dealkylation sites (tertiary alicyclic amines) is 1. The largest absolute Gasteiger partial charge is 0.493 e. The molecule has 1 aromatic carbocycles. The summed E-state index contributed by atoms with van der Waals surface area (Å²) in [5.41, 5.74) is 0.954. The number of rotatable bonds is 5. The van der Waals surface area contributed by atoms with Crippen LogP contribution in [0.25, 0.3) is 0 Å². The van der Waals surface area contributed by atoms with E-state index < -0.39 is 0 Å². The van der Waals surface area contributed by atoms with E-state index in [-0.39, 0.29) is 17.7 Å². The summed E-state index contributed by atoms with van der Waals surface area (Å²) >= 11 is 0. The van der Waals surface area contributed by atoms with Crippen molar-refractivity contribution in [1.29, 1.82) is 0 Å². The Morgan fingerprint density at radius 1 is 1.09 bits per heavy atom. The number of methoxy groups -OCH3 is 2. The summed E-state index contributed by atoms with van der Waals surface area (Å²) < 4.78 is 10.6. The number of nitrogens with zero attached hydrogens (tertiary/aromatic N) is 1. The minimum Gasteiger partial charge on any atom is -0.493 e. The van der Waals surface area contributed by atoms with Crippen molar-refractivity contribution in [3.63, 3.8) is 0 Å². The van der Waals surface area contributed by atoms with Crippen molar-refractivity contribution >= 4 is 17.5 Å². The van der Waals surface area contributed by atoms with Gasteiger partial charge < -0.3 is 19.7 Å². The van der Waals surface area contributed by atoms with Crippen molar-refractivity contribution in [3.05, 3.63) is 17.7 Å². The summed E-state index contributed by atoms with van der Waals surface area (Å²) in [6.45, 7) is 1.51. The molecule has 0 spiro atoms. The summed E-state index contributed by atoms with van der Waals surface area (Å²) in [6, 6.07) is 3.32. The summed E-state index contributed by atoms with van der Waals surface area (Å²) in [7, 11) is 3.07. The Balaban J connectivity index is 1.95. The van der Waals surface area contributed by atoms with Crippen molar-refractivity contribution in [2.24, 2.45) is 5.92 Å². The zero-order chi connectivity index (χ0) is 16.4. The third-order valence-corrected chi connectivity index (χ3v) is 4.35. The molecule has 1 aromatic rings. The SMILES string of the molecule is COc1cc(NC(=O)C2CC2)c(C(=O)N2CCCC2)cc1OC. The Kier molecular flexibility index (Phi) is 4.41. The average molecular weight is 318 g/mol. The van der Waals surface area contributed by atoms with Gasteiger partial charge >= 0.3 is 0 Å². The number of amides is 2. The first-order chi connectivity index (χ1) is 11.1. The van der Waals surface area contributed by atoms with Crippen LogP contribution in [0.4, 0.5) is 5.69 Å². The van der Waals surface area contributed by atoms with E-state index in [9.17, 15) is 9.59 Å². The van der Waals surface area contributed by atoms with E-state index in [1.807, 2.05) is 4.90 Å². The van der Waals surface area contributed by atoms with Gasteiger partial charge in [0.25, 0.3) is 5.91 Å². The first-order valence-corrected chi connectivity index (χ1v) is 8.00. The van der Waals surface area contributed by atoms with Crippen LogP contribution in [0.1, 0.15) is 36.0 Å². The summed E-state index contributed by atoms with van der Waals surface area (Å²) in [5.74, 6) is 0.941. The fourth-order valence-corrected chi connectivity index (χ4v) is 2.83. The lowest BCUT2D eigenvalue weighted by molar-refractivity contribution is -0.117. The lowest BCUT2D eigenvalue weighted by Crippen LogP contribution is -2.29. The maximum Gasteiger partial charge on any atom is 0.256 e. The molecule has 6 nitrogen and oxygen atoms in total. The number of hydrogen-bond acceptors (Lipinski definition) is 4. The molecule has 2 amide bonds. The van der Waals surface area contributed by atoms with Crippen LogP contribution in [0.15, 0.2) is 12.1 Å². The van der Waals surface area contributed by atoms with Crippen molar-refractivity contribution in [2.75, 3.05) is 32.6 Å². The van der Waals surface area contributed by atoms with Crippen molar-refractivity contribution in [2.45, 2.75) is 25.7 Å². The van der Waals surface area contributed by atoms with Gasteiger partial charge in [-0.1, -0.05) is 0 Å². The maximum atomic E-state index is 12.8. The number of carbonyl (C=O) groups excluding carboxylic acids is 2. The Labute approximate surface area is 135 Å². The highest BCUT2D eigenvalue weighted by atomic mass is 16.5. The number of ether oxygens (including phenoxy) is 2. The molecule has 1 saturated heterocycles. The lowest BCUT2D eigenvalue weighted by Gasteiger charge is -2.20. The summed E-state index contributed by atoms with van der Waals surface area (Å²) in [5, 5.41) is 2.88. The monoisotopic (exact) mass is 318 g/mol. The Hall–Kier alpha value is -2.24. The Bertz CT molecular complexity index is 619. The molecule has 1 aliphatic carbocycles. The minimum atomic E-state index is -0.0745. The Morgan fingerprint density at radius 3 is 2.26 bits per heavy atom. The Morgan fingerprint density at radius 2 is 1.70 bits per heavy atom. The third-order valence-electron chi connectivity index (χ3n) is 4.35. The van der Waals surface area contributed by atoms with E-state index in [2.05, 4.69) is 5.32 Å². The predicted molar refractivity (Wildman–Crippen MR) is 86.0 cm³/mol. The highest BCUT2D eigenvalue weighted by Gasteiger charge is 2.31. The van der Waals surface area contributed by atoms with Crippen molar-refractivity contribution < 1.29 is 19.1 Å². The first-order valence-electron chi connectivity index (χ1n) is 8.00. The van der Waals surface area contributed by atoms with Crippen molar-refractivity contribution in [1.82, 2.24) is 4.90 Å². The highest BCUT2D eigenvalue weighted by molar-refractivity contribution is 6.05. The molecule has 0 bridgehead atoms. The molecule has 124 valence electrons. The standard InChI is InChI=1S/C17H22N2O4/c1-22-14-9-12(17(21)19-7-3-4-8-19)13(10-15(14)23-2)18-16(20)11-5-6-11/h9-11H,3-8H2,1-2H3,(H,18,20). The molecule has 2 aliphatic rings. The smallest absolute Gasteiger partial charge is 0.256 e. The summed E-state index contributed by atoms with van der Waals surface area (Å²) in [6.07, 6.45) is 3.86.